The number of benzene rings is 4. The maximum Gasteiger partial charge on any atom is 0.415 e. The van der Waals surface area contributed by atoms with Crippen molar-refractivity contribution in [2.75, 3.05) is 13.7 Å². The van der Waals surface area contributed by atoms with Crippen molar-refractivity contribution in [2.45, 2.75) is 37.6 Å². The Bertz CT molecular complexity index is 1760. The van der Waals surface area contributed by atoms with Crippen LogP contribution in [-0.2, 0) is 16.6 Å². The fourth-order valence-corrected chi connectivity index (χ4v) is 5.65. The molecule has 9 nitrogen and oxygen atoms in total. The van der Waals surface area contributed by atoms with Gasteiger partial charge < -0.3 is 19.7 Å². The van der Waals surface area contributed by atoms with Gasteiger partial charge in [-0.2, -0.15) is 0 Å². The first kappa shape index (κ1) is 33.3. The van der Waals surface area contributed by atoms with Gasteiger partial charge in [0.15, 0.2) is 0 Å². The molecule has 0 aromatic heterocycles. The van der Waals surface area contributed by atoms with Crippen LogP contribution in [-0.4, -0.2) is 43.9 Å². The highest BCUT2D eigenvalue weighted by atomic mass is 32.2. The van der Waals surface area contributed by atoms with E-state index in [1.165, 1.54) is 6.07 Å². The van der Waals surface area contributed by atoms with E-state index < -0.39 is 16.1 Å². The maximum absolute atomic E-state index is 13.3. The van der Waals surface area contributed by atoms with Crippen LogP contribution >= 0.6 is 12.2 Å². The normalized spacial score (nSPS) is 11.0. The van der Waals surface area contributed by atoms with Crippen LogP contribution in [0.1, 0.15) is 42.9 Å². The molecular weight excluding hydrogens is 609 g/mol. The summed E-state index contributed by atoms with van der Waals surface area (Å²) in [6.07, 6.45) is 2.25. The number of sulfonamides is 1. The van der Waals surface area contributed by atoms with Crippen molar-refractivity contribution in [3.05, 3.63) is 114 Å². The third kappa shape index (κ3) is 9.21. The number of carbonyl (C=O) groups excluding carboxylic acids is 1. The van der Waals surface area contributed by atoms with Gasteiger partial charge in [0.05, 0.1) is 12.0 Å². The summed E-state index contributed by atoms with van der Waals surface area (Å²) in [6, 6.07) is 27.8. The second-order valence-corrected chi connectivity index (χ2v) is 12.3. The minimum atomic E-state index is -3.91. The molecule has 4 aromatic carbocycles. The van der Waals surface area contributed by atoms with Crippen molar-refractivity contribution in [1.29, 1.82) is 5.41 Å². The van der Waals surface area contributed by atoms with Gasteiger partial charge >= 0.3 is 6.09 Å². The third-order valence-electron chi connectivity index (χ3n) is 7.03. The van der Waals surface area contributed by atoms with Gasteiger partial charge in [0.1, 0.15) is 22.3 Å². The number of unbranched alkanes of at least 4 members (excludes halogenated alkanes) is 2. The topological polar surface area (TPSA) is 135 Å². The zero-order chi connectivity index (χ0) is 32.4. The van der Waals surface area contributed by atoms with Gasteiger partial charge in [-0.1, -0.05) is 80.5 Å². The summed E-state index contributed by atoms with van der Waals surface area (Å²) in [4.78, 5) is 15.4. The average molecular weight is 645 g/mol. The van der Waals surface area contributed by atoms with E-state index in [-0.39, 0.29) is 17.3 Å². The number of nitrogens with two attached hydrogens (primary N) is 1. The van der Waals surface area contributed by atoms with Crippen molar-refractivity contribution < 1.29 is 22.7 Å². The van der Waals surface area contributed by atoms with Crippen LogP contribution in [0.25, 0.3) is 11.1 Å². The lowest BCUT2D eigenvalue weighted by molar-refractivity contribution is 0.148. The van der Waals surface area contributed by atoms with Crippen molar-refractivity contribution in [2.24, 2.45) is 5.14 Å². The number of thiocarbonyl (C=S) groups is 1. The van der Waals surface area contributed by atoms with Gasteiger partial charge in [0, 0.05) is 29.8 Å². The standard InChI is InChI=1S/C34H36N4O5S2/c1-3-4-7-21-38(34(39)43-29-19-13-25(14-20-29)30-11-5-6-12-31(30)45(36,40)41)23-24-9-8-10-27(22-24)32(35)37-33(44)26-15-17-28(42-2)18-16-26/h5-6,8-20,22H,3-4,7,21,23H2,1-2H3,(H2,35,37,44)(H2,36,40,41). The SMILES string of the molecule is CCCCCN(Cc1cccc(C(=N)NC(=S)c2ccc(OC)cc2)c1)C(=O)Oc1ccc(-c2ccccc2S(N)(=O)=O)cc1. The Morgan fingerprint density at radius 3 is 2.27 bits per heavy atom. The molecule has 4 N–H and O–H groups in total. The molecule has 1 amide bonds. The molecule has 0 fully saturated rings. The summed E-state index contributed by atoms with van der Waals surface area (Å²) in [5, 5.41) is 17.0. The molecular formula is C34H36N4O5S2. The lowest BCUT2D eigenvalue weighted by atomic mass is 10.1. The van der Waals surface area contributed by atoms with E-state index in [2.05, 4.69) is 12.2 Å². The van der Waals surface area contributed by atoms with Gasteiger partial charge in [-0.3, -0.25) is 5.41 Å². The molecule has 0 saturated heterocycles. The molecule has 0 heterocycles. The molecule has 11 heteroatoms. The van der Waals surface area contributed by atoms with Crippen LogP contribution in [0, 0.1) is 5.41 Å². The Labute approximate surface area is 269 Å². The first-order chi connectivity index (χ1) is 21.6. The zero-order valence-corrected chi connectivity index (χ0v) is 26.8. The highest BCUT2D eigenvalue weighted by Gasteiger charge is 2.18. The molecule has 0 aliphatic heterocycles. The zero-order valence-electron chi connectivity index (χ0n) is 25.2. The molecule has 0 atom stereocenters. The molecule has 0 unspecified atom stereocenters. The van der Waals surface area contributed by atoms with E-state index >= 15 is 0 Å². The molecule has 0 spiro atoms. The molecule has 4 aromatic rings. The first-order valence-corrected chi connectivity index (χ1v) is 16.4. The van der Waals surface area contributed by atoms with E-state index in [0.717, 1.165) is 30.4 Å². The maximum atomic E-state index is 13.3. The van der Waals surface area contributed by atoms with E-state index in [1.807, 2.05) is 48.5 Å². The largest absolute Gasteiger partial charge is 0.497 e. The van der Waals surface area contributed by atoms with Crippen LogP contribution in [0.3, 0.4) is 0 Å². The third-order valence-corrected chi connectivity index (χ3v) is 8.34. The summed E-state index contributed by atoms with van der Waals surface area (Å²) >= 11 is 5.50. The van der Waals surface area contributed by atoms with E-state index in [9.17, 15) is 13.2 Å². The summed E-state index contributed by atoms with van der Waals surface area (Å²) in [5.74, 6) is 1.18. The van der Waals surface area contributed by atoms with Crippen molar-refractivity contribution >= 4 is 39.2 Å². The van der Waals surface area contributed by atoms with Crippen molar-refractivity contribution in [3.8, 4) is 22.6 Å². The predicted molar refractivity (Wildman–Crippen MR) is 180 cm³/mol. The number of nitrogens with one attached hydrogen (secondary N) is 2. The summed E-state index contributed by atoms with van der Waals surface area (Å²) < 4.78 is 35.0. The average Bonchev–Trinajstić information content (AvgIpc) is 3.04. The van der Waals surface area contributed by atoms with Gasteiger partial charge in [-0.15, -0.1) is 0 Å². The fourth-order valence-electron chi connectivity index (χ4n) is 4.65. The smallest absolute Gasteiger partial charge is 0.415 e. The monoisotopic (exact) mass is 644 g/mol. The number of methoxy groups -OCH3 is 1. The molecule has 0 saturated carbocycles. The van der Waals surface area contributed by atoms with Crippen molar-refractivity contribution in [1.82, 2.24) is 10.2 Å². The van der Waals surface area contributed by atoms with Gasteiger partial charge in [0.2, 0.25) is 10.0 Å². The predicted octanol–water partition coefficient (Wildman–Crippen LogP) is 6.49. The number of primary sulfonamides is 1. The number of carbonyl (C=O) groups is 1. The van der Waals surface area contributed by atoms with E-state index in [0.29, 0.717) is 39.7 Å². The van der Waals surface area contributed by atoms with Gasteiger partial charge in [-0.25, -0.2) is 18.4 Å². The van der Waals surface area contributed by atoms with E-state index in [1.54, 1.807) is 54.5 Å². The lowest BCUT2D eigenvalue weighted by Crippen LogP contribution is -2.34. The summed E-state index contributed by atoms with van der Waals surface area (Å²) in [6.45, 7) is 2.87. The molecule has 0 bridgehead atoms. The van der Waals surface area contributed by atoms with Crippen LogP contribution in [0.5, 0.6) is 11.5 Å². The number of hydrogen-bond donors (Lipinski definition) is 3. The molecule has 0 aliphatic rings. The highest BCUT2D eigenvalue weighted by Crippen LogP contribution is 2.28. The lowest BCUT2D eigenvalue weighted by Gasteiger charge is -2.22. The molecule has 45 heavy (non-hydrogen) atoms. The number of nitrogens with zero attached hydrogens (tertiary/aromatic N) is 1. The second kappa shape index (κ2) is 15.4. The number of rotatable bonds is 12. The van der Waals surface area contributed by atoms with Crippen molar-refractivity contribution in [3.63, 3.8) is 0 Å². The Kier molecular flexibility index (Phi) is 11.4. The van der Waals surface area contributed by atoms with Crippen LogP contribution in [0.2, 0.25) is 0 Å². The summed E-state index contributed by atoms with van der Waals surface area (Å²) in [5.41, 5.74) is 3.30. The van der Waals surface area contributed by atoms with Crippen LogP contribution in [0.4, 0.5) is 4.79 Å². The Hall–Kier alpha value is -4.58. The number of amidine groups is 1. The Balaban J connectivity index is 1.45. The first-order valence-electron chi connectivity index (χ1n) is 14.4. The molecule has 234 valence electrons. The number of amides is 1. The van der Waals surface area contributed by atoms with Crippen LogP contribution < -0.4 is 19.9 Å². The van der Waals surface area contributed by atoms with Gasteiger partial charge in [0.25, 0.3) is 0 Å². The Morgan fingerprint density at radius 1 is 0.911 bits per heavy atom. The van der Waals surface area contributed by atoms with E-state index in [4.69, 9.17) is 32.2 Å². The molecule has 0 radical (unpaired) electrons. The minimum absolute atomic E-state index is 0.0184. The quantitative estimate of drug-likeness (QED) is 0.0694. The van der Waals surface area contributed by atoms with Crippen LogP contribution in [0.15, 0.2) is 102 Å². The highest BCUT2D eigenvalue weighted by molar-refractivity contribution is 7.89. The fraction of sp³-hybridized carbons (Fsp3) is 0.206. The van der Waals surface area contributed by atoms with Gasteiger partial charge in [-0.05, 0) is 66.1 Å². The number of ether oxygens (including phenoxy) is 2. The Morgan fingerprint density at radius 2 is 1.60 bits per heavy atom. The summed E-state index contributed by atoms with van der Waals surface area (Å²) in [7, 11) is -2.32. The molecule has 0 aliphatic carbocycles. The number of hydrogen-bond acceptors (Lipinski definition) is 7. The minimum Gasteiger partial charge on any atom is -0.497 e. The second-order valence-electron chi connectivity index (χ2n) is 10.3. The molecule has 4 rings (SSSR count).